The fourth-order valence-corrected chi connectivity index (χ4v) is 8.69. The van der Waals surface area contributed by atoms with E-state index < -0.39 is 11.2 Å². The number of fused-ring (bicyclic) bond motifs is 15. The van der Waals surface area contributed by atoms with Crippen molar-refractivity contribution in [3.63, 3.8) is 0 Å². The van der Waals surface area contributed by atoms with Crippen LogP contribution in [0.15, 0.2) is 109 Å². The van der Waals surface area contributed by atoms with Gasteiger partial charge in [0.05, 0.1) is 0 Å². The summed E-state index contributed by atoms with van der Waals surface area (Å²) in [6.07, 6.45) is 0. The van der Waals surface area contributed by atoms with Gasteiger partial charge in [0.2, 0.25) is 0 Å². The van der Waals surface area contributed by atoms with Crippen molar-refractivity contribution in [1.82, 2.24) is 0 Å². The third-order valence-corrected chi connectivity index (χ3v) is 9.50. The van der Waals surface area contributed by atoms with Gasteiger partial charge in [-0.05, 0) is 33.4 Å². The molecule has 1 nitrogen and oxygen atoms in total. The van der Waals surface area contributed by atoms with Crippen LogP contribution in [0.2, 0.25) is 0 Å². The Morgan fingerprint density at radius 2 is 0.909 bits per heavy atom. The second-order valence-electron chi connectivity index (χ2n) is 10.0. The summed E-state index contributed by atoms with van der Waals surface area (Å²) in [5.74, 6) is 1.13. The molecule has 0 N–H and O–H groups in total. The van der Waals surface area contributed by atoms with Crippen molar-refractivity contribution in [2.75, 3.05) is 0 Å². The predicted molar refractivity (Wildman–Crippen MR) is 131 cm³/mol. The van der Waals surface area contributed by atoms with E-state index in [9.17, 15) is 0 Å². The Morgan fingerprint density at radius 1 is 0.515 bits per heavy atom. The molecule has 0 unspecified atom stereocenters. The quantitative estimate of drug-likeness (QED) is 0.303. The van der Waals surface area contributed by atoms with Gasteiger partial charge in [-0.1, -0.05) is 109 Å². The van der Waals surface area contributed by atoms with Gasteiger partial charge in [-0.25, -0.2) is 0 Å². The van der Waals surface area contributed by atoms with Crippen LogP contribution in [0.4, 0.5) is 0 Å². The average Bonchev–Trinajstić information content (AvgIpc) is 3.57. The molecule has 2 aliphatic heterocycles. The molecule has 8 rings (SSSR count). The van der Waals surface area contributed by atoms with Crippen LogP contribution in [0, 0.1) is 11.8 Å². The van der Waals surface area contributed by atoms with E-state index in [0.29, 0.717) is 0 Å². The molecule has 2 fully saturated rings. The van der Waals surface area contributed by atoms with Crippen molar-refractivity contribution in [2.45, 2.75) is 28.4 Å². The van der Waals surface area contributed by atoms with E-state index in [0.717, 1.165) is 0 Å². The first-order valence-electron chi connectivity index (χ1n) is 11.9. The molecular weight excluding hydrogens is 424 g/mol. The first-order chi connectivity index (χ1) is 16.3. The zero-order valence-corrected chi connectivity index (χ0v) is 18.8. The normalized spacial score (nSPS) is 36.5. The van der Waals surface area contributed by atoms with Gasteiger partial charge in [-0.3, -0.25) is 0 Å². The maximum absolute atomic E-state index is 7.56. The molecule has 0 amide bonds. The van der Waals surface area contributed by atoms with Gasteiger partial charge in [0, 0.05) is 29.0 Å². The maximum Gasteiger partial charge on any atom is 0.124 e. The Hall–Kier alpha value is -2.87. The Kier molecular flexibility index (Phi) is 3.47. The molecule has 33 heavy (non-hydrogen) atoms. The summed E-state index contributed by atoms with van der Waals surface area (Å²) in [6.45, 7) is 0. The molecule has 160 valence electrons. The number of rotatable bonds is 2. The van der Waals surface area contributed by atoms with Crippen LogP contribution in [-0.4, -0.2) is 5.38 Å². The summed E-state index contributed by atoms with van der Waals surface area (Å²) < 4.78 is 7.56. The molecule has 4 bridgehead atoms. The molecule has 4 aliphatic rings. The van der Waals surface area contributed by atoms with Crippen LogP contribution in [-0.2, 0) is 15.9 Å². The summed E-state index contributed by atoms with van der Waals surface area (Å²) in [6, 6.07) is 39.6. The Morgan fingerprint density at radius 3 is 1.36 bits per heavy atom. The van der Waals surface area contributed by atoms with Crippen molar-refractivity contribution >= 4 is 11.6 Å². The molecule has 1 saturated carbocycles. The third kappa shape index (κ3) is 1.94. The number of halogens is 1. The van der Waals surface area contributed by atoms with Crippen molar-refractivity contribution < 1.29 is 4.74 Å². The van der Waals surface area contributed by atoms with E-state index >= 15 is 0 Å². The van der Waals surface area contributed by atoms with E-state index in [1.807, 2.05) is 0 Å². The smallest absolute Gasteiger partial charge is 0.124 e. The largest absolute Gasteiger partial charge is 0.349 e. The highest BCUT2D eigenvalue weighted by molar-refractivity contribution is 6.22. The molecular formula is C31H23ClO. The molecule has 0 radical (unpaired) electrons. The highest BCUT2D eigenvalue weighted by atomic mass is 35.5. The van der Waals surface area contributed by atoms with E-state index in [1.165, 1.54) is 33.4 Å². The summed E-state index contributed by atoms with van der Waals surface area (Å²) in [4.78, 5) is 0. The first-order valence-corrected chi connectivity index (χ1v) is 12.4. The molecule has 6 atom stereocenters. The second-order valence-corrected chi connectivity index (χ2v) is 10.5. The van der Waals surface area contributed by atoms with Crippen LogP contribution in [0.25, 0.3) is 0 Å². The molecule has 4 aromatic carbocycles. The molecule has 2 aliphatic carbocycles. The highest BCUT2D eigenvalue weighted by Gasteiger charge is 2.79. The number of hydrogen-bond donors (Lipinski definition) is 0. The summed E-state index contributed by atoms with van der Waals surface area (Å²) in [7, 11) is 0. The van der Waals surface area contributed by atoms with E-state index in [1.54, 1.807) is 0 Å². The zero-order valence-electron chi connectivity index (χ0n) is 18.1. The topological polar surface area (TPSA) is 9.23 Å². The minimum atomic E-state index is -0.502. The number of benzene rings is 4. The Balaban J connectivity index is 1.51. The fraction of sp³-hybridized carbons (Fsp3) is 0.226. The minimum absolute atomic E-state index is 0.0850. The maximum atomic E-state index is 7.56. The van der Waals surface area contributed by atoms with Gasteiger partial charge in [0.15, 0.2) is 0 Å². The Labute approximate surface area is 199 Å². The molecule has 0 aromatic heterocycles. The molecule has 2 heterocycles. The van der Waals surface area contributed by atoms with Crippen LogP contribution in [0.3, 0.4) is 0 Å². The number of alkyl halides is 1. The van der Waals surface area contributed by atoms with Gasteiger partial charge in [0.1, 0.15) is 11.2 Å². The van der Waals surface area contributed by atoms with Crippen LogP contribution in [0.1, 0.15) is 45.2 Å². The monoisotopic (exact) mass is 446 g/mol. The fourth-order valence-electron chi connectivity index (χ4n) is 8.10. The lowest BCUT2D eigenvalue weighted by molar-refractivity contribution is -0.0638. The van der Waals surface area contributed by atoms with Gasteiger partial charge in [-0.2, -0.15) is 0 Å². The van der Waals surface area contributed by atoms with Crippen LogP contribution < -0.4 is 0 Å². The average molecular weight is 447 g/mol. The molecule has 1 saturated heterocycles. The van der Waals surface area contributed by atoms with Gasteiger partial charge >= 0.3 is 0 Å². The SMILES string of the molecule is ClC1[C@H]2c3ccccc3[C@H]1[C@H]1[C@H]2[C@]2(c3ccccc3)O[C@]1(c1ccccc1)c1ccccc12. The molecule has 4 aromatic rings. The number of ether oxygens (including phenoxy) is 1. The first kappa shape index (κ1) is 18.5. The highest BCUT2D eigenvalue weighted by Crippen LogP contribution is 2.80. The molecule has 2 heteroatoms. The van der Waals surface area contributed by atoms with E-state index in [4.69, 9.17) is 16.3 Å². The lowest BCUT2D eigenvalue weighted by Crippen LogP contribution is -2.42. The van der Waals surface area contributed by atoms with Crippen LogP contribution >= 0.6 is 11.6 Å². The Bertz CT molecular complexity index is 1290. The van der Waals surface area contributed by atoms with Gasteiger partial charge in [0.25, 0.3) is 0 Å². The standard InChI is InChI=1S/C31H23ClO/c32-29-25-21-15-7-8-16-22(21)26(29)28-27(25)30(19-11-3-1-4-12-19)23-17-9-10-18-24(23)31(28,33-30)20-13-5-2-6-14-20/h1-18,25-29H/t25-,26-,27-,28-,30+,31+/m0/s1. The van der Waals surface area contributed by atoms with Crippen molar-refractivity contribution in [2.24, 2.45) is 11.8 Å². The second kappa shape index (κ2) is 6.17. The van der Waals surface area contributed by atoms with Crippen molar-refractivity contribution in [1.29, 1.82) is 0 Å². The third-order valence-electron chi connectivity index (χ3n) is 8.95. The summed E-state index contributed by atoms with van der Waals surface area (Å²) in [5.41, 5.74) is 6.97. The molecule has 0 spiro atoms. The van der Waals surface area contributed by atoms with Crippen molar-refractivity contribution in [3.05, 3.63) is 143 Å². The summed E-state index contributed by atoms with van der Waals surface area (Å²) >= 11 is 7.39. The minimum Gasteiger partial charge on any atom is -0.349 e. The van der Waals surface area contributed by atoms with Crippen LogP contribution in [0.5, 0.6) is 0 Å². The number of hydrogen-bond acceptors (Lipinski definition) is 1. The lowest BCUT2D eigenvalue weighted by Gasteiger charge is -2.43. The van der Waals surface area contributed by atoms with E-state index in [-0.39, 0.29) is 29.0 Å². The summed E-state index contributed by atoms with van der Waals surface area (Å²) in [5, 5.41) is 0.0850. The van der Waals surface area contributed by atoms with E-state index in [2.05, 4.69) is 109 Å². The lowest BCUT2D eigenvalue weighted by atomic mass is 9.55. The van der Waals surface area contributed by atoms with Gasteiger partial charge in [-0.15, -0.1) is 11.6 Å². The van der Waals surface area contributed by atoms with Crippen molar-refractivity contribution in [3.8, 4) is 0 Å². The van der Waals surface area contributed by atoms with Gasteiger partial charge < -0.3 is 4.74 Å². The zero-order chi connectivity index (χ0) is 21.8. The predicted octanol–water partition coefficient (Wildman–Crippen LogP) is 6.95.